The molecule has 1 aromatic carbocycles. The number of halogens is 1. The van der Waals surface area contributed by atoms with Crippen LogP contribution in [-0.2, 0) is 0 Å². The lowest BCUT2D eigenvalue weighted by Crippen LogP contribution is -2.53. The lowest BCUT2D eigenvalue weighted by Gasteiger charge is -2.38. The van der Waals surface area contributed by atoms with Gasteiger partial charge in [0.25, 0.3) is 0 Å². The number of guanidine groups is 1. The van der Waals surface area contributed by atoms with Gasteiger partial charge in [0.05, 0.1) is 7.11 Å². The molecule has 2 atom stereocenters. The summed E-state index contributed by atoms with van der Waals surface area (Å²) in [6, 6.07) is 8.96. The fourth-order valence-corrected chi connectivity index (χ4v) is 3.05. The highest BCUT2D eigenvalue weighted by Gasteiger charge is 2.34. The Balaban J connectivity index is 0.00000208. The highest BCUT2D eigenvalue weighted by Crippen LogP contribution is 2.29. The Kier molecular flexibility index (Phi) is 7.01. The second-order valence-corrected chi connectivity index (χ2v) is 6.43. The van der Waals surface area contributed by atoms with Crippen molar-refractivity contribution in [1.29, 1.82) is 0 Å². The van der Waals surface area contributed by atoms with Crippen molar-refractivity contribution < 1.29 is 4.74 Å². The highest BCUT2D eigenvalue weighted by atomic mass is 127. The standard InChI is InChI=1S/C18H28N4O.HI/c1-4-19-18(20-17-13-14(17)2)22-11-9-21(10-12-22)15-5-7-16(23-3)8-6-15;/h5-8,14,17H,4,9-13H2,1-3H3,(H,19,20);1H. The molecule has 1 heterocycles. The van der Waals surface area contributed by atoms with E-state index in [2.05, 4.69) is 46.1 Å². The number of piperazine rings is 1. The summed E-state index contributed by atoms with van der Waals surface area (Å²) in [5, 5.41) is 3.62. The molecule has 0 spiro atoms. The summed E-state index contributed by atoms with van der Waals surface area (Å²) in [4.78, 5) is 9.51. The van der Waals surface area contributed by atoms with E-state index in [1.165, 1.54) is 12.1 Å². The van der Waals surface area contributed by atoms with E-state index in [-0.39, 0.29) is 24.0 Å². The van der Waals surface area contributed by atoms with Gasteiger partial charge in [0.15, 0.2) is 5.96 Å². The Morgan fingerprint density at radius 1 is 1.21 bits per heavy atom. The third kappa shape index (κ3) is 4.68. The first-order chi connectivity index (χ1) is 11.2. The molecule has 0 aromatic heterocycles. The molecule has 5 nitrogen and oxygen atoms in total. The van der Waals surface area contributed by atoms with Gasteiger partial charge < -0.3 is 19.9 Å². The first-order valence-electron chi connectivity index (χ1n) is 8.66. The topological polar surface area (TPSA) is 40.1 Å². The van der Waals surface area contributed by atoms with E-state index in [4.69, 9.17) is 4.74 Å². The number of hydrogen-bond donors (Lipinski definition) is 1. The number of aliphatic imine (C=N–C) groups is 1. The smallest absolute Gasteiger partial charge is 0.194 e. The van der Waals surface area contributed by atoms with Crippen LogP contribution >= 0.6 is 24.0 Å². The van der Waals surface area contributed by atoms with Crippen molar-refractivity contribution in [2.75, 3.05) is 44.7 Å². The SMILES string of the molecule is CCN=C(NC1CC1C)N1CCN(c2ccc(OC)cc2)CC1.I. The van der Waals surface area contributed by atoms with E-state index < -0.39 is 0 Å². The predicted molar refractivity (Wildman–Crippen MR) is 111 cm³/mol. The first-order valence-corrected chi connectivity index (χ1v) is 8.66. The van der Waals surface area contributed by atoms with Crippen LogP contribution in [-0.4, -0.2) is 56.7 Å². The van der Waals surface area contributed by atoms with Gasteiger partial charge in [-0.05, 0) is 43.5 Å². The van der Waals surface area contributed by atoms with E-state index in [1.54, 1.807) is 7.11 Å². The minimum atomic E-state index is 0. The monoisotopic (exact) mass is 444 g/mol. The van der Waals surface area contributed by atoms with Crippen LogP contribution in [0.25, 0.3) is 0 Å². The van der Waals surface area contributed by atoms with Crippen LogP contribution in [0.4, 0.5) is 5.69 Å². The molecule has 3 rings (SSSR count). The summed E-state index contributed by atoms with van der Waals surface area (Å²) in [5.41, 5.74) is 1.27. The third-order valence-corrected chi connectivity index (χ3v) is 4.75. The van der Waals surface area contributed by atoms with Crippen molar-refractivity contribution in [3.8, 4) is 5.75 Å². The first kappa shape index (κ1) is 19.1. The maximum Gasteiger partial charge on any atom is 0.194 e. The van der Waals surface area contributed by atoms with Gasteiger partial charge in [0, 0.05) is 44.5 Å². The summed E-state index contributed by atoms with van der Waals surface area (Å²) in [7, 11) is 1.70. The van der Waals surface area contributed by atoms with Crippen LogP contribution in [0.5, 0.6) is 5.75 Å². The largest absolute Gasteiger partial charge is 0.497 e. The van der Waals surface area contributed by atoms with Crippen molar-refractivity contribution in [2.45, 2.75) is 26.3 Å². The average Bonchev–Trinajstić information content (AvgIpc) is 3.30. The second kappa shape index (κ2) is 8.78. The molecule has 1 saturated heterocycles. The average molecular weight is 444 g/mol. The molecule has 1 aromatic rings. The summed E-state index contributed by atoms with van der Waals surface area (Å²) in [6.45, 7) is 9.31. The fraction of sp³-hybridized carbons (Fsp3) is 0.611. The second-order valence-electron chi connectivity index (χ2n) is 6.43. The van der Waals surface area contributed by atoms with E-state index >= 15 is 0 Å². The number of benzene rings is 1. The molecule has 0 radical (unpaired) electrons. The maximum atomic E-state index is 5.23. The van der Waals surface area contributed by atoms with Crippen LogP contribution in [0.1, 0.15) is 20.3 Å². The van der Waals surface area contributed by atoms with Crippen molar-refractivity contribution >= 4 is 35.6 Å². The van der Waals surface area contributed by atoms with Crippen molar-refractivity contribution in [1.82, 2.24) is 10.2 Å². The van der Waals surface area contributed by atoms with Gasteiger partial charge in [-0.25, -0.2) is 0 Å². The fourth-order valence-electron chi connectivity index (χ4n) is 3.05. The highest BCUT2D eigenvalue weighted by molar-refractivity contribution is 14.0. The van der Waals surface area contributed by atoms with Gasteiger partial charge in [-0.1, -0.05) is 6.92 Å². The molecular weight excluding hydrogens is 415 g/mol. The lowest BCUT2D eigenvalue weighted by atomic mass is 10.2. The molecule has 1 aliphatic carbocycles. The molecule has 1 aliphatic heterocycles. The van der Waals surface area contributed by atoms with Crippen LogP contribution in [0.15, 0.2) is 29.3 Å². The van der Waals surface area contributed by atoms with Gasteiger partial charge in [-0.15, -0.1) is 24.0 Å². The molecule has 1 N–H and O–H groups in total. The summed E-state index contributed by atoms with van der Waals surface area (Å²) in [6.07, 6.45) is 1.27. The zero-order chi connectivity index (χ0) is 16.2. The van der Waals surface area contributed by atoms with Gasteiger partial charge >= 0.3 is 0 Å². The number of hydrogen-bond acceptors (Lipinski definition) is 3. The van der Waals surface area contributed by atoms with Crippen molar-refractivity contribution in [3.05, 3.63) is 24.3 Å². The molecule has 2 aliphatic rings. The van der Waals surface area contributed by atoms with E-state index in [0.717, 1.165) is 50.4 Å². The zero-order valence-corrected chi connectivity index (χ0v) is 17.2. The number of nitrogens with zero attached hydrogens (tertiary/aromatic N) is 3. The van der Waals surface area contributed by atoms with Gasteiger partial charge in [0.1, 0.15) is 5.75 Å². The summed E-state index contributed by atoms with van der Waals surface area (Å²) in [5.74, 6) is 2.79. The quantitative estimate of drug-likeness (QED) is 0.441. The van der Waals surface area contributed by atoms with Crippen molar-refractivity contribution in [2.24, 2.45) is 10.9 Å². The van der Waals surface area contributed by atoms with Gasteiger partial charge in [-0.3, -0.25) is 4.99 Å². The van der Waals surface area contributed by atoms with Crippen molar-refractivity contribution in [3.63, 3.8) is 0 Å². The Hall–Kier alpha value is -1.18. The van der Waals surface area contributed by atoms with Gasteiger partial charge in [-0.2, -0.15) is 0 Å². The van der Waals surface area contributed by atoms with Crippen LogP contribution < -0.4 is 15.0 Å². The number of rotatable bonds is 4. The molecule has 6 heteroatoms. The van der Waals surface area contributed by atoms with E-state index in [0.29, 0.717) is 6.04 Å². The Morgan fingerprint density at radius 2 is 1.83 bits per heavy atom. The van der Waals surface area contributed by atoms with Crippen LogP contribution in [0.2, 0.25) is 0 Å². The maximum absolute atomic E-state index is 5.23. The molecular formula is C18H29IN4O. The Labute approximate surface area is 162 Å². The molecule has 1 saturated carbocycles. The molecule has 2 unspecified atom stereocenters. The van der Waals surface area contributed by atoms with E-state index in [9.17, 15) is 0 Å². The Bertz CT molecular complexity index is 540. The molecule has 0 bridgehead atoms. The van der Waals surface area contributed by atoms with Crippen LogP contribution in [0, 0.1) is 5.92 Å². The van der Waals surface area contributed by atoms with Crippen LogP contribution in [0.3, 0.4) is 0 Å². The minimum Gasteiger partial charge on any atom is -0.497 e. The number of anilines is 1. The third-order valence-electron chi connectivity index (χ3n) is 4.75. The molecule has 24 heavy (non-hydrogen) atoms. The number of ether oxygens (including phenoxy) is 1. The summed E-state index contributed by atoms with van der Waals surface area (Å²) >= 11 is 0. The predicted octanol–water partition coefficient (Wildman–Crippen LogP) is 2.81. The number of nitrogens with one attached hydrogen (secondary N) is 1. The zero-order valence-electron chi connectivity index (χ0n) is 14.9. The number of methoxy groups -OCH3 is 1. The minimum absolute atomic E-state index is 0. The molecule has 2 fully saturated rings. The summed E-state index contributed by atoms with van der Waals surface area (Å²) < 4.78 is 5.23. The molecule has 0 amide bonds. The lowest BCUT2D eigenvalue weighted by molar-refractivity contribution is 0.371. The van der Waals surface area contributed by atoms with Gasteiger partial charge in [0.2, 0.25) is 0 Å². The van der Waals surface area contributed by atoms with E-state index in [1.807, 2.05) is 12.1 Å². The normalized spacial score (nSPS) is 23.5. The Morgan fingerprint density at radius 3 is 2.33 bits per heavy atom. The molecule has 134 valence electrons.